The van der Waals surface area contributed by atoms with Gasteiger partial charge in [-0.05, 0) is 42.8 Å². The van der Waals surface area contributed by atoms with Gasteiger partial charge in [0.1, 0.15) is 0 Å². The summed E-state index contributed by atoms with van der Waals surface area (Å²) in [6.45, 7) is 2.53. The number of amides is 1. The molecule has 1 N–H and O–H groups in total. The van der Waals surface area contributed by atoms with Crippen LogP contribution in [0.5, 0.6) is 0 Å². The van der Waals surface area contributed by atoms with Crippen molar-refractivity contribution in [2.75, 3.05) is 11.1 Å². The van der Waals surface area contributed by atoms with E-state index in [2.05, 4.69) is 15.5 Å². The average molecular weight is 418 g/mol. The number of nitrogens with zero attached hydrogens (tertiary/aromatic N) is 5. The van der Waals surface area contributed by atoms with Crippen LogP contribution in [0.25, 0.3) is 16.7 Å². The van der Waals surface area contributed by atoms with Gasteiger partial charge in [0, 0.05) is 12.2 Å². The first-order chi connectivity index (χ1) is 14.6. The molecule has 2 aromatic heterocycles. The number of anilines is 1. The molecule has 4 aromatic rings. The van der Waals surface area contributed by atoms with Gasteiger partial charge < -0.3 is 5.32 Å². The Labute approximate surface area is 176 Å². The second-order valence-electron chi connectivity index (χ2n) is 6.62. The molecule has 9 heteroatoms. The summed E-state index contributed by atoms with van der Waals surface area (Å²) in [6, 6.07) is 16.0. The average Bonchev–Trinajstić information content (AvgIpc) is 3.20. The lowest BCUT2D eigenvalue weighted by molar-refractivity contribution is -0.113. The lowest BCUT2D eigenvalue weighted by atomic mass is 10.2. The van der Waals surface area contributed by atoms with Crippen molar-refractivity contribution in [3.05, 3.63) is 64.4 Å². The molecule has 0 bridgehead atoms. The summed E-state index contributed by atoms with van der Waals surface area (Å²) in [5, 5.41) is 21.2. The minimum Gasteiger partial charge on any atom is -0.325 e. The topological polar surface area (TPSA) is 105 Å². The van der Waals surface area contributed by atoms with Crippen molar-refractivity contribution in [1.29, 1.82) is 5.26 Å². The number of thioether (sulfide) groups is 1. The number of hydrogen-bond acceptors (Lipinski definition) is 6. The number of para-hydroxylation sites is 1. The van der Waals surface area contributed by atoms with Gasteiger partial charge in [0.05, 0.1) is 28.3 Å². The van der Waals surface area contributed by atoms with Crippen molar-refractivity contribution in [1.82, 2.24) is 19.2 Å². The van der Waals surface area contributed by atoms with E-state index in [9.17, 15) is 9.59 Å². The summed E-state index contributed by atoms with van der Waals surface area (Å²) in [5.41, 5.74) is 1.77. The molecule has 4 rings (SSSR count). The second kappa shape index (κ2) is 8.39. The number of carbonyl (C=O) groups excluding carboxylic acids is 1. The largest absolute Gasteiger partial charge is 0.325 e. The fourth-order valence-electron chi connectivity index (χ4n) is 3.21. The van der Waals surface area contributed by atoms with Crippen molar-refractivity contribution < 1.29 is 4.79 Å². The lowest BCUT2D eigenvalue weighted by Crippen LogP contribution is -2.23. The standard InChI is InChI=1S/C21H18N6O2S/c1-2-11-26-19(29)16-5-3-4-6-17(16)27-20(26)24-25-21(27)30-13-18(28)23-15-9-7-14(12-22)8-10-15/h3-10H,2,11,13H2,1H3,(H,23,28). The van der Waals surface area contributed by atoms with E-state index in [0.29, 0.717) is 39.6 Å². The van der Waals surface area contributed by atoms with Gasteiger partial charge >= 0.3 is 0 Å². The quantitative estimate of drug-likeness (QED) is 0.483. The molecule has 0 saturated heterocycles. The predicted octanol–water partition coefficient (Wildman–Crippen LogP) is 3.06. The third-order valence-electron chi connectivity index (χ3n) is 4.56. The molecule has 8 nitrogen and oxygen atoms in total. The molecular weight excluding hydrogens is 400 g/mol. The molecule has 150 valence electrons. The molecule has 0 unspecified atom stereocenters. The van der Waals surface area contributed by atoms with Gasteiger partial charge in [0.2, 0.25) is 11.7 Å². The van der Waals surface area contributed by atoms with Crippen LogP contribution < -0.4 is 10.9 Å². The van der Waals surface area contributed by atoms with Crippen molar-refractivity contribution >= 4 is 40.0 Å². The predicted molar refractivity (Wildman–Crippen MR) is 116 cm³/mol. The Morgan fingerprint density at radius 3 is 2.67 bits per heavy atom. The van der Waals surface area contributed by atoms with Gasteiger partial charge in [0.15, 0.2) is 5.16 Å². The number of hydrogen-bond donors (Lipinski definition) is 1. The Kier molecular flexibility index (Phi) is 5.50. The molecule has 0 fully saturated rings. The van der Waals surface area contributed by atoms with Gasteiger partial charge in [-0.1, -0.05) is 30.8 Å². The Bertz CT molecular complexity index is 1330. The maximum absolute atomic E-state index is 12.8. The van der Waals surface area contributed by atoms with Crippen LogP contribution in [0, 0.1) is 11.3 Å². The van der Waals surface area contributed by atoms with Crippen molar-refractivity contribution in [2.24, 2.45) is 0 Å². The molecular formula is C21H18N6O2S. The monoisotopic (exact) mass is 418 g/mol. The number of fused-ring (bicyclic) bond motifs is 3. The van der Waals surface area contributed by atoms with E-state index >= 15 is 0 Å². The highest BCUT2D eigenvalue weighted by Crippen LogP contribution is 2.22. The van der Waals surface area contributed by atoms with E-state index in [-0.39, 0.29) is 17.2 Å². The smallest absolute Gasteiger partial charge is 0.262 e. The van der Waals surface area contributed by atoms with Gasteiger partial charge in [-0.3, -0.25) is 18.6 Å². The minimum absolute atomic E-state index is 0.0949. The Balaban J connectivity index is 1.62. The zero-order valence-electron chi connectivity index (χ0n) is 16.2. The zero-order chi connectivity index (χ0) is 21.1. The summed E-state index contributed by atoms with van der Waals surface area (Å²) in [5.74, 6) is 0.394. The number of rotatable bonds is 6. The van der Waals surface area contributed by atoms with Crippen LogP contribution in [0.15, 0.2) is 58.5 Å². The van der Waals surface area contributed by atoms with Crippen LogP contribution >= 0.6 is 11.8 Å². The summed E-state index contributed by atoms with van der Waals surface area (Å²) < 4.78 is 3.45. The fraction of sp³-hybridized carbons (Fsp3) is 0.190. The first kappa shape index (κ1) is 19.7. The van der Waals surface area contributed by atoms with Crippen LogP contribution in [0.2, 0.25) is 0 Å². The summed E-state index contributed by atoms with van der Waals surface area (Å²) >= 11 is 1.25. The van der Waals surface area contributed by atoms with Gasteiger partial charge in [-0.15, -0.1) is 10.2 Å². The van der Waals surface area contributed by atoms with Gasteiger partial charge in [0.25, 0.3) is 5.56 Å². The fourth-order valence-corrected chi connectivity index (χ4v) is 3.95. The number of nitriles is 1. The Morgan fingerprint density at radius 2 is 1.93 bits per heavy atom. The maximum atomic E-state index is 12.8. The Morgan fingerprint density at radius 1 is 1.17 bits per heavy atom. The highest BCUT2D eigenvalue weighted by Gasteiger charge is 2.17. The van der Waals surface area contributed by atoms with E-state index in [1.165, 1.54) is 11.8 Å². The third-order valence-corrected chi connectivity index (χ3v) is 5.48. The molecule has 0 aliphatic heterocycles. The number of aryl methyl sites for hydroxylation is 1. The lowest BCUT2D eigenvalue weighted by Gasteiger charge is -2.10. The summed E-state index contributed by atoms with van der Waals surface area (Å²) in [4.78, 5) is 25.2. The number of nitrogens with one attached hydrogen (secondary N) is 1. The van der Waals surface area contributed by atoms with Crippen LogP contribution in [-0.4, -0.2) is 30.8 Å². The van der Waals surface area contributed by atoms with Crippen LogP contribution in [0.4, 0.5) is 5.69 Å². The van der Waals surface area contributed by atoms with E-state index in [1.54, 1.807) is 34.9 Å². The number of benzene rings is 2. The number of carbonyl (C=O) groups is 1. The molecule has 0 radical (unpaired) electrons. The molecule has 1 amide bonds. The SMILES string of the molecule is CCCn1c(=O)c2ccccc2n2c(SCC(=O)Nc3ccc(C#N)cc3)nnc12. The molecule has 2 heterocycles. The van der Waals surface area contributed by atoms with Gasteiger partial charge in [-0.25, -0.2) is 0 Å². The summed E-state index contributed by atoms with van der Waals surface area (Å²) in [7, 11) is 0. The van der Waals surface area contributed by atoms with E-state index in [1.807, 2.05) is 35.6 Å². The first-order valence-electron chi connectivity index (χ1n) is 9.42. The van der Waals surface area contributed by atoms with E-state index in [4.69, 9.17) is 5.26 Å². The van der Waals surface area contributed by atoms with E-state index in [0.717, 1.165) is 6.42 Å². The van der Waals surface area contributed by atoms with Gasteiger partial charge in [-0.2, -0.15) is 5.26 Å². The maximum Gasteiger partial charge on any atom is 0.262 e. The van der Waals surface area contributed by atoms with E-state index < -0.39 is 0 Å². The third kappa shape index (κ3) is 3.65. The second-order valence-corrected chi connectivity index (χ2v) is 7.56. The van der Waals surface area contributed by atoms with Crippen LogP contribution in [-0.2, 0) is 11.3 Å². The molecule has 0 atom stereocenters. The first-order valence-corrected chi connectivity index (χ1v) is 10.4. The van der Waals surface area contributed by atoms with Crippen molar-refractivity contribution in [3.8, 4) is 6.07 Å². The molecule has 2 aromatic carbocycles. The number of aromatic nitrogens is 4. The Hall–Kier alpha value is -3.64. The van der Waals surface area contributed by atoms with Crippen LogP contribution in [0.3, 0.4) is 0 Å². The minimum atomic E-state index is -0.201. The highest BCUT2D eigenvalue weighted by molar-refractivity contribution is 7.99. The molecule has 0 aliphatic carbocycles. The highest BCUT2D eigenvalue weighted by atomic mass is 32.2. The summed E-state index contributed by atoms with van der Waals surface area (Å²) in [6.07, 6.45) is 0.788. The molecule has 0 spiro atoms. The normalized spacial score (nSPS) is 10.9. The van der Waals surface area contributed by atoms with Crippen LogP contribution in [0.1, 0.15) is 18.9 Å². The molecule has 30 heavy (non-hydrogen) atoms. The zero-order valence-corrected chi connectivity index (χ0v) is 17.0. The molecule has 0 saturated carbocycles. The molecule has 0 aliphatic rings. The van der Waals surface area contributed by atoms with Crippen molar-refractivity contribution in [3.63, 3.8) is 0 Å². The van der Waals surface area contributed by atoms with Crippen molar-refractivity contribution in [2.45, 2.75) is 25.0 Å².